The van der Waals surface area contributed by atoms with Crippen LogP contribution in [0, 0.1) is 0 Å². The molecule has 78 valence electrons. The lowest BCUT2D eigenvalue weighted by Crippen LogP contribution is -2.37. The van der Waals surface area contributed by atoms with Crippen molar-refractivity contribution in [1.82, 2.24) is 20.3 Å². The van der Waals surface area contributed by atoms with E-state index in [4.69, 9.17) is 0 Å². The number of piperidine rings is 1. The Balaban J connectivity index is 1.75. The summed E-state index contributed by atoms with van der Waals surface area (Å²) in [4.78, 5) is 2.16. The minimum atomic E-state index is -0.638. The fourth-order valence-corrected chi connectivity index (χ4v) is 1.82. The van der Waals surface area contributed by atoms with Crippen LogP contribution in [0.25, 0.3) is 0 Å². The number of alkyl halides is 1. The molecule has 0 radical (unpaired) electrons. The summed E-state index contributed by atoms with van der Waals surface area (Å²) in [6.45, 7) is 2.48. The monoisotopic (exact) mass is 198 g/mol. The largest absolute Gasteiger partial charge is 0.300 e. The maximum absolute atomic E-state index is 13.0. The third-order valence-electron chi connectivity index (χ3n) is 2.60. The molecule has 4 nitrogen and oxygen atoms in total. The Morgan fingerprint density at radius 2 is 2.57 bits per heavy atom. The summed E-state index contributed by atoms with van der Waals surface area (Å²) in [5.41, 5.74) is 0.950. The summed E-state index contributed by atoms with van der Waals surface area (Å²) < 4.78 is 13.0. The van der Waals surface area contributed by atoms with Gasteiger partial charge in [-0.2, -0.15) is 15.4 Å². The molecule has 1 aliphatic rings. The van der Waals surface area contributed by atoms with Crippen LogP contribution >= 0.6 is 0 Å². The fourth-order valence-electron chi connectivity index (χ4n) is 1.82. The number of likely N-dealkylation sites (tertiary alicyclic amines) is 1. The molecule has 0 saturated carbocycles. The second kappa shape index (κ2) is 4.50. The minimum Gasteiger partial charge on any atom is -0.300 e. The molecular formula is C9H15FN4. The smallest absolute Gasteiger partial charge is 0.113 e. The summed E-state index contributed by atoms with van der Waals surface area (Å²) >= 11 is 0. The highest BCUT2D eigenvalue weighted by atomic mass is 19.1. The molecule has 1 unspecified atom stereocenters. The first-order valence-corrected chi connectivity index (χ1v) is 5.05. The Labute approximate surface area is 82.5 Å². The van der Waals surface area contributed by atoms with Crippen LogP contribution < -0.4 is 0 Å². The molecule has 0 amide bonds. The topological polar surface area (TPSA) is 44.8 Å². The normalized spacial score (nSPS) is 23.9. The molecule has 1 fully saturated rings. The average molecular weight is 198 g/mol. The average Bonchev–Trinajstić information content (AvgIpc) is 2.67. The Hall–Kier alpha value is -0.970. The Bertz CT molecular complexity index is 262. The van der Waals surface area contributed by atoms with Crippen molar-refractivity contribution in [3.63, 3.8) is 0 Å². The van der Waals surface area contributed by atoms with Gasteiger partial charge in [0.2, 0.25) is 0 Å². The Morgan fingerprint density at radius 1 is 1.64 bits per heavy atom. The van der Waals surface area contributed by atoms with Gasteiger partial charge in [-0.3, -0.25) is 0 Å². The minimum absolute atomic E-state index is 0.581. The molecule has 1 aromatic heterocycles. The molecule has 0 spiro atoms. The molecule has 1 saturated heterocycles. The van der Waals surface area contributed by atoms with Gasteiger partial charge in [-0.05, 0) is 19.4 Å². The molecule has 0 aromatic carbocycles. The zero-order valence-electron chi connectivity index (χ0n) is 8.12. The van der Waals surface area contributed by atoms with Gasteiger partial charge in [0.15, 0.2) is 0 Å². The standard InChI is InChI=1S/C9H15FN4/c10-8-2-1-4-14(7-8)5-3-9-6-11-13-12-9/h6,8H,1-5,7H2,(H,11,12,13). The van der Waals surface area contributed by atoms with Crippen LogP contribution in [0.4, 0.5) is 4.39 Å². The predicted molar refractivity (Wildman–Crippen MR) is 50.7 cm³/mol. The first kappa shape index (κ1) is 9.58. The van der Waals surface area contributed by atoms with Crippen molar-refractivity contribution in [2.45, 2.75) is 25.4 Å². The first-order valence-electron chi connectivity index (χ1n) is 5.05. The van der Waals surface area contributed by atoms with Crippen LogP contribution in [-0.2, 0) is 6.42 Å². The highest BCUT2D eigenvalue weighted by molar-refractivity contribution is 4.91. The summed E-state index contributed by atoms with van der Waals surface area (Å²) in [6.07, 6.45) is 3.63. The van der Waals surface area contributed by atoms with Gasteiger partial charge in [-0.25, -0.2) is 4.39 Å². The van der Waals surface area contributed by atoms with Gasteiger partial charge in [0.1, 0.15) is 6.17 Å². The van der Waals surface area contributed by atoms with E-state index in [1.54, 1.807) is 6.20 Å². The molecule has 1 N–H and O–H groups in total. The summed E-state index contributed by atoms with van der Waals surface area (Å²) in [5, 5.41) is 10.3. The molecule has 0 bridgehead atoms. The van der Waals surface area contributed by atoms with Crippen molar-refractivity contribution in [3.05, 3.63) is 11.9 Å². The predicted octanol–water partition coefficient (Wildman–Crippen LogP) is 0.781. The van der Waals surface area contributed by atoms with E-state index in [-0.39, 0.29) is 0 Å². The van der Waals surface area contributed by atoms with Crippen molar-refractivity contribution in [1.29, 1.82) is 0 Å². The fraction of sp³-hybridized carbons (Fsp3) is 0.778. The molecule has 0 aliphatic carbocycles. The number of halogens is 1. The second-order valence-electron chi connectivity index (χ2n) is 3.75. The van der Waals surface area contributed by atoms with Crippen molar-refractivity contribution >= 4 is 0 Å². The maximum Gasteiger partial charge on any atom is 0.113 e. The van der Waals surface area contributed by atoms with Crippen LogP contribution in [0.3, 0.4) is 0 Å². The van der Waals surface area contributed by atoms with Gasteiger partial charge in [0.25, 0.3) is 0 Å². The van der Waals surface area contributed by atoms with E-state index in [0.717, 1.165) is 38.0 Å². The van der Waals surface area contributed by atoms with E-state index in [1.165, 1.54) is 0 Å². The molecule has 2 heterocycles. The number of hydrogen-bond acceptors (Lipinski definition) is 3. The SMILES string of the molecule is FC1CCCN(CCc2cn[nH]n2)C1. The summed E-state index contributed by atoms with van der Waals surface area (Å²) in [6, 6.07) is 0. The molecule has 1 aromatic rings. The Kier molecular flexibility index (Phi) is 3.08. The zero-order chi connectivity index (χ0) is 9.80. The highest BCUT2D eigenvalue weighted by Gasteiger charge is 2.18. The molecular weight excluding hydrogens is 183 g/mol. The van der Waals surface area contributed by atoms with E-state index in [1.807, 2.05) is 0 Å². The van der Waals surface area contributed by atoms with E-state index in [0.29, 0.717) is 6.54 Å². The van der Waals surface area contributed by atoms with Gasteiger partial charge in [-0.1, -0.05) is 0 Å². The number of nitrogens with one attached hydrogen (secondary N) is 1. The van der Waals surface area contributed by atoms with E-state index < -0.39 is 6.17 Å². The number of aromatic amines is 1. The van der Waals surface area contributed by atoms with Crippen molar-refractivity contribution in [2.24, 2.45) is 0 Å². The van der Waals surface area contributed by atoms with Crippen LogP contribution in [0.5, 0.6) is 0 Å². The quantitative estimate of drug-likeness (QED) is 0.780. The third-order valence-corrected chi connectivity index (χ3v) is 2.60. The summed E-state index contributed by atoms with van der Waals surface area (Å²) in [7, 11) is 0. The third kappa shape index (κ3) is 2.51. The van der Waals surface area contributed by atoms with Crippen molar-refractivity contribution < 1.29 is 4.39 Å². The van der Waals surface area contributed by atoms with Gasteiger partial charge in [-0.15, -0.1) is 0 Å². The van der Waals surface area contributed by atoms with Crippen LogP contribution in [0.15, 0.2) is 6.20 Å². The number of H-pyrrole nitrogens is 1. The second-order valence-corrected chi connectivity index (χ2v) is 3.75. The molecule has 1 atom stereocenters. The lowest BCUT2D eigenvalue weighted by atomic mass is 10.1. The number of aromatic nitrogens is 3. The van der Waals surface area contributed by atoms with Gasteiger partial charge < -0.3 is 4.90 Å². The first-order chi connectivity index (χ1) is 6.84. The zero-order valence-corrected chi connectivity index (χ0v) is 8.12. The van der Waals surface area contributed by atoms with Gasteiger partial charge in [0, 0.05) is 19.5 Å². The number of hydrogen-bond donors (Lipinski definition) is 1. The van der Waals surface area contributed by atoms with E-state index >= 15 is 0 Å². The van der Waals surface area contributed by atoms with Crippen LogP contribution in [0.2, 0.25) is 0 Å². The molecule has 1 aliphatic heterocycles. The number of rotatable bonds is 3. The van der Waals surface area contributed by atoms with E-state index in [2.05, 4.69) is 20.3 Å². The lowest BCUT2D eigenvalue weighted by Gasteiger charge is -2.28. The molecule has 14 heavy (non-hydrogen) atoms. The highest BCUT2D eigenvalue weighted by Crippen LogP contribution is 2.12. The van der Waals surface area contributed by atoms with Gasteiger partial charge in [0.05, 0.1) is 11.9 Å². The molecule has 2 rings (SSSR count). The maximum atomic E-state index is 13.0. The van der Waals surface area contributed by atoms with E-state index in [9.17, 15) is 4.39 Å². The Morgan fingerprint density at radius 3 is 3.29 bits per heavy atom. The van der Waals surface area contributed by atoms with Gasteiger partial charge >= 0.3 is 0 Å². The lowest BCUT2D eigenvalue weighted by molar-refractivity contribution is 0.139. The van der Waals surface area contributed by atoms with Crippen LogP contribution in [0.1, 0.15) is 18.5 Å². The molecule has 5 heteroatoms. The van der Waals surface area contributed by atoms with Crippen LogP contribution in [-0.4, -0.2) is 46.1 Å². The van der Waals surface area contributed by atoms with Crippen molar-refractivity contribution in [3.8, 4) is 0 Å². The van der Waals surface area contributed by atoms with Crippen molar-refractivity contribution in [2.75, 3.05) is 19.6 Å². The summed E-state index contributed by atoms with van der Waals surface area (Å²) in [5.74, 6) is 0. The number of nitrogens with zero attached hydrogens (tertiary/aromatic N) is 3.